The standard InChI is InChI=1S/C10H23NO3/c1-3-14-8-4-6-11-10(5-7-12)9-13-2/h10-12H,3-9H2,1-2H3. The molecule has 0 bridgehead atoms. The van der Waals surface area contributed by atoms with Crippen LogP contribution in [0.1, 0.15) is 19.8 Å². The van der Waals surface area contributed by atoms with E-state index in [-0.39, 0.29) is 12.6 Å². The van der Waals surface area contributed by atoms with Gasteiger partial charge in [-0.3, -0.25) is 0 Å². The average Bonchev–Trinajstić information content (AvgIpc) is 2.18. The normalized spacial score (nSPS) is 13.1. The van der Waals surface area contributed by atoms with E-state index in [4.69, 9.17) is 14.6 Å². The summed E-state index contributed by atoms with van der Waals surface area (Å²) < 4.78 is 10.2. The summed E-state index contributed by atoms with van der Waals surface area (Å²) in [6, 6.07) is 0.256. The van der Waals surface area contributed by atoms with Gasteiger partial charge in [-0.2, -0.15) is 0 Å². The Balaban J connectivity index is 3.30. The Bertz CT molecular complexity index is 106. The van der Waals surface area contributed by atoms with Crippen molar-refractivity contribution in [3.05, 3.63) is 0 Å². The van der Waals surface area contributed by atoms with Crippen molar-refractivity contribution in [2.75, 3.05) is 40.1 Å². The number of methoxy groups -OCH3 is 1. The molecule has 0 aliphatic heterocycles. The highest BCUT2D eigenvalue weighted by Crippen LogP contribution is 1.92. The predicted octanol–water partition coefficient (Wildman–Crippen LogP) is 0.400. The second-order valence-corrected chi connectivity index (χ2v) is 3.17. The highest BCUT2D eigenvalue weighted by Gasteiger charge is 2.05. The zero-order chi connectivity index (χ0) is 10.6. The van der Waals surface area contributed by atoms with Gasteiger partial charge in [0.2, 0.25) is 0 Å². The molecular formula is C10H23NO3. The van der Waals surface area contributed by atoms with Crippen LogP contribution < -0.4 is 5.32 Å². The molecule has 0 aromatic rings. The van der Waals surface area contributed by atoms with Crippen molar-refractivity contribution in [2.24, 2.45) is 0 Å². The molecule has 2 N–H and O–H groups in total. The molecule has 0 saturated heterocycles. The van der Waals surface area contributed by atoms with E-state index in [2.05, 4.69) is 5.32 Å². The van der Waals surface area contributed by atoms with Gasteiger partial charge < -0.3 is 19.9 Å². The molecule has 4 nitrogen and oxygen atoms in total. The van der Waals surface area contributed by atoms with E-state index < -0.39 is 0 Å². The Morgan fingerprint density at radius 2 is 2.21 bits per heavy atom. The fourth-order valence-electron chi connectivity index (χ4n) is 1.23. The fourth-order valence-corrected chi connectivity index (χ4v) is 1.23. The highest BCUT2D eigenvalue weighted by atomic mass is 16.5. The van der Waals surface area contributed by atoms with Gasteiger partial charge >= 0.3 is 0 Å². The smallest absolute Gasteiger partial charge is 0.0616 e. The zero-order valence-corrected chi connectivity index (χ0v) is 9.29. The Kier molecular flexibility index (Phi) is 10.8. The molecule has 0 aromatic carbocycles. The molecule has 4 heteroatoms. The molecule has 0 amide bonds. The van der Waals surface area contributed by atoms with Crippen LogP contribution in [0, 0.1) is 0 Å². The summed E-state index contributed by atoms with van der Waals surface area (Å²) in [5.41, 5.74) is 0. The third kappa shape index (κ3) is 8.44. The van der Waals surface area contributed by atoms with Crippen LogP contribution in [0.2, 0.25) is 0 Å². The number of aliphatic hydroxyl groups excluding tert-OH is 1. The van der Waals surface area contributed by atoms with Crippen molar-refractivity contribution >= 4 is 0 Å². The Morgan fingerprint density at radius 1 is 1.43 bits per heavy atom. The lowest BCUT2D eigenvalue weighted by atomic mass is 10.2. The largest absolute Gasteiger partial charge is 0.396 e. The molecule has 1 atom stereocenters. The first-order chi connectivity index (χ1) is 6.85. The lowest BCUT2D eigenvalue weighted by Gasteiger charge is -2.16. The van der Waals surface area contributed by atoms with E-state index in [0.717, 1.165) is 32.6 Å². The van der Waals surface area contributed by atoms with Gasteiger partial charge in [-0.1, -0.05) is 0 Å². The molecule has 0 aliphatic rings. The van der Waals surface area contributed by atoms with Crippen molar-refractivity contribution in [1.82, 2.24) is 5.32 Å². The summed E-state index contributed by atoms with van der Waals surface area (Å²) in [5, 5.41) is 12.1. The van der Waals surface area contributed by atoms with E-state index in [0.29, 0.717) is 6.61 Å². The summed E-state index contributed by atoms with van der Waals surface area (Å²) in [7, 11) is 1.67. The van der Waals surface area contributed by atoms with Crippen LogP contribution in [0.25, 0.3) is 0 Å². The van der Waals surface area contributed by atoms with Gasteiger partial charge in [0.1, 0.15) is 0 Å². The lowest BCUT2D eigenvalue weighted by molar-refractivity contribution is 0.133. The molecule has 0 fully saturated rings. The molecule has 86 valence electrons. The maximum absolute atomic E-state index is 8.78. The molecule has 0 saturated carbocycles. The lowest BCUT2D eigenvalue weighted by Crippen LogP contribution is -2.35. The fraction of sp³-hybridized carbons (Fsp3) is 1.00. The minimum atomic E-state index is 0.201. The monoisotopic (exact) mass is 205 g/mol. The molecule has 1 unspecified atom stereocenters. The molecule has 0 aliphatic carbocycles. The third-order valence-corrected chi connectivity index (χ3v) is 1.95. The van der Waals surface area contributed by atoms with Gasteiger partial charge in [0.15, 0.2) is 0 Å². The second kappa shape index (κ2) is 10.9. The van der Waals surface area contributed by atoms with Crippen LogP contribution in [0.15, 0.2) is 0 Å². The van der Waals surface area contributed by atoms with Crippen molar-refractivity contribution in [1.29, 1.82) is 0 Å². The van der Waals surface area contributed by atoms with Crippen LogP contribution >= 0.6 is 0 Å². The first-order valence-corrected chi connectivity index (χ1v) is 5.26. The van der Waals surface area contributed by atoms with Gasteiger partial charge in [0.25, 0.3) is 0 Å². The van der Waals surface area contributed by atoms with Crippen molar-refractivity contribution in [3.8, 4) is 0 Å². The van der Waals surface area contributed by atoms with Gasteiger partial charge in [-0.05, 0) is 26.3 Å². The van der Waals surface area contributed by atoms with Gasteiger partial charge in [0, 0.05) is 33.0 Å². The summed E-state index contributed by atoms with van der Waals surface area (Å²) in [6.45, 7) is 5.32. The van der Waals surface area contributed by atoms with Crippen LogP contribution in [-0.2, 0) is 9.47 Å². The second-order valence-electron chi connectivity index (χ2n) is 3.17. The number of ether oxygens (including phenoxy) is 2. The summed E-state index contributed by atoms with van der Waals surface area (Å²) in [6.07, 6.45) is 1.74. The van der Waals surface area contributed by atoms with Crippen LogP contribution in [-0.4, -0.2) is 51.2 Å². The van der Waals surface area contributed by atoms with E-state index in [1.54, 1.807) is 7.11 Å². The predicted molar refractivity (Wildman–Crippen MR) is 56.5 cm³/mol. The number of rotatable bonds is 10. The number of hydrogen-bond donors (Lipinski definition) is 2. The molecule has 0 aromatic heterocycles. The van der Waals surface area contributed by atoms with Crippen LogP contribution in [0.4, 0.5) is 0 Å². The van der Waals surface area contributed by atoms with Gasteiger partial charge in [-0.25, -0.2) is 0 Å². The maximum atomic E-state index is 8.78. The Labute approximate surface area is 86.6 Å². The third-order valence-electron chi connectivity index (χ3n) is 1.95. The van der Waals surface area contributed by atoms with Gasteiger partial charge in [-0.15, -0.1) is 0 Å². The molecule has 0 spiro atoms. The van der Waals surface area contributed by atoms with E-state index in [1.165, 1.54) is 0 Å². The first kappa shape index (κ1) is 13.8. The van der Waals surface area contributed by atoms with Crippen LogP contribution in [0.5, 0.6) is 0 Å². The number of nitrogens with one attached hydrogen (secondary N) is 1. The minimum Gasteiger partial charge on any atom is -0.396 e. The van der Waals surface area contributed by atoms with E-state index >= 15 is 0 Å². The average molecular weight is 205 g/mol. The molecule has 14 heavy (non-hydrogen) atoms. The molecule has 0 heterocycles. The maximum Gasteiger partial charge on any atom is 0.0616 e. The molecule has 0 rings (SSSR count). The SMILES string of the molecule is CCOCCCNC(CCO)COC. The summed E-state index contributed by atoms with van der Waals surface area (Å²) in [5.74, 6) is 0. The first-order valence-electron chi connectivity index (χ1n) is 5.26. The summed E-state index contributed by atoms with van der Waals surface area (Å²) >= 11 is 0. The van der Waals surface area contributed by atoms with Gasteiger partial charge in [0.05, 0.1) is 6.61 Å². The minimum absolute atomic E-state index is 0.201. The van der Waals surface area contributed by atoms with Crippen molar-refractivity contribution in [3.63, 3.8) is 0 Å². The van der Waals surface area contributed by atoms with E-state index in [9.17, 15) is 0 Å². The molecular weight excluding hydrogens is 182 g/mol. The summed E-state index contributed by atoms with van der Waals surface area (Å²) in [4.78, 5) is 0. The zero-order valence-electron chi connectivity index (χ0n) is 9.29. The highest BCUT2D eigenvalue weighted by molar-refractivity contribution is 4.65. The van der Waals surface area contributed by atoms with E-state index in [1.807, 2.05) is 6.92 Å². The quantitative estimate of drug-likeness (QED) is 0.507. The molecule has 0 radical (unpaired) electrons. The number of hydrogen-bond acceptors (Lipinski definition) is 4. The van der Waals surface area contributed by atoms with Crippen LogP contribution in [0.3, 0.4) is 0 Å². The Hall–Kier alpha value is -0.160. The Morgan fingerprint density at radius 3 is 2.79 bits per heavy atom. The van der Waals surface area contributed by atoms with Crippen molar-refractivity contribution < 1.29 is 14.6 Å². The topological polar surface area (TPSA) is 50.7 Å². The number of aliphatic hydroxyl groups is 1. The van der Waals surface area contributed by atoms with Crippen molar-refractivity contribution in [2.45, 2.75) is 25.8 Å².